The third-order valence-electron chi connectivity index (χ3n) is 3.14. The molecule has 22 heavy (non-hydrogen) atoms. The first-order valence-electron chi connectivity index (χ1n) is 6.59. The molecule has 116 valence electrons. The van der Waals surface area contributed by atoms with E-state index >= 15 is 0 Å². The number of carboxylic acid groups (broad SMARTS) is 2. The summed E-state index contributed by atoms with van der Waals surface area (Å²) in [6.07, 6.45) is 1.12. The number of nitrogens with zero attached hydrogens (tertiary/aromatic N) is 1. The van der Waals surface area contributed by atoms with Gasteiger partial charge in [-0.1, -0.05) is 17.7 Å². The molecule has 0 amide bonds. The van der Waals surface area contributed by atoms with Crippen molar-refractivity contribution in [2.75, 3.05) is 6.54 Å². The number of aromatic nitrogens is 1. The second-order valence-corrected chi connectivity index (χ2v) is 5.11. The van der Waals surface area contributed by atoms with Crippen molar-refractivity contribution in [1.29, 1.82) is 0 Å². The Hall–Kier alpha value is -2.31. The second-order valence-electron chi connectivity index (χ2n) is 4.68. The van der Waals surface area contributed by atoms with E-state index in [-0.39, 0.29) is 0 Å². The molecule has 6 nitrogen and oxygen atoms in total. The van der Waals surface area contributed by atoms with Gasteiger partial charge in [-0.05, 0) is 18.2 Å². The first kappa shape index (κ1) is 16.1. The molecular weight excluding hydrogens is 308 g/mol. The van der Waals surface area contributed by atoms with Gasteiger partial charge in [-0.2, -0.15) is 0 Å². The highest BCUT2D eigenvalue weighted by atomic mass is 35.5. The Labute approximate surface area is 131 Å². The third-order valence-corrected chi connectivity index (χ3v) is 3.37. The Morgan fingerprint density at radius 3 is 2.50 bits per heavy atom. The number of fused-ring (bicyclic) bond motifs is 3. The predicted octanol–water partition coefficient (Wildman–Crippen LogP) is 2.11. The maximum absolute atomic E-state index is 9.55. The number of aliphatic carboxylic acids is 2. The van der Waals surface area contributed by atoms with Crippen LogP contribution in [0.2, 0.25) is 5.02 Å². The van der Waals surface area contributed by atoms with Crippen molar-refractivity contribution in [2.24, 2.45) is 0 Å². The van der Waals surface area contributed by atoms with E-state index in [0.29, 0.717) is 12.2 Å². The van der Waals surface area contributed by atoms with E-state index in [4.69, 9.17) is 21.8 Å². The zero-order chi connectivity index (χ0) is 16.1. The quantitative estimate of drug-likeness (QED) is 0.737. The van der Waals surface area contributed by atoms with Gasteiger partial charge in [0.25, 0.3) is 0 Å². The van der Waals surface area contributed by atoms with Crippen LogP contribution in [0.3, 0.4) is 0 Å². The van der Waals surface area contributed by atoms with Gasteiger partial charge in [-0.25, -0.2) is 9.59 Å². The van der Waals surface area contributed by atoms with Crippen LogP contribution in [0.1, 0.15) is 5.69 Å². The highest BCUT2D eigenvalue weighted by molar-refractivity contribution is 6.31. The van der Waals surface area contributed by atoms with E-state index in [9.17, 15) is 9.59 Å². The van der Waals surface area contributed by atoms with Gasteiger partial charge in [-0.3, -0.25) is 0 Å². The van der Waals surface area contributed by atoms with Gasteiger partial charge in [0.2, 0.25) is 0 Å². The number of hydrogen-bond donors (Lipinski definition) is 3. The van der Waals surface area contributed by atoms with Crippen molar-refractivity contribution in [2.45, 2.75) is 13.1 Å². The van der Waals surface area contributed by atoms with Crippen LogP contribution in [-0.4, -0.2) is 33.3 Å². The van der Waals surface area contributed by atoms with Crippen LogP contribution in [0, 0.1) is 0 Å². The molecule has 1 aromatic heterocycles. The van der Waals surface area contributed by atoms with E-state index in [1.54, 1.807) is 0 Å². The Balaban J connectivity index is 0.000000192. The molecule has 0 bridgehead atoms. The van der Waals surface area contributed by atoms with Gasteiger partial charge in [0.15, 0.2) is 0 Å². The molecule has 0 aliphatic carbocycles. The topological polar surface area (TPSA) is 91.6 Å². The molecule has 0 atom stereocenters. The monoisotopic (exact) mass is 322 g/mol. The number of carboxylic acids is 2. The fourth-order valence-corrected chi connectivity index (χ4v) is 2.41. The molecule has 0 unspecified atom stereocenters. The summed E-state index contributed by atoms with van der Waals surface area (Å²) in [5.74, 6) is -2.51. The number of carbonyl (C=O) groups is 2. The van der Waals surface area contributed by atoms with Crippen LogP contribution in [-0.2, 0) is 22.7 Å². The SMILES string of the molecule is Clc1ccc2cc3n(c2c1)CCNC3.O=C(O)/C=C/C(=O)O. The molecule has 1 aliphatic rings. The molecule has 7 heteroatoms. The van der Waals surface area contributed by atoms with Crippen LogP contribution in [0.5, 0.6) is 0 Å². The fourth-order valence-electron chi connectivity index (χ4n) is 2.25. The van der Waals surface area contributed by atoms with Gasteiger partial charge >= 0.3 is 11.9 Å². The molecule has 3 N–H and O–H groups in total. The van der Waals surface area contributed by atoms with E-state index in [2.05, 4.69) is 22.0 Å². The van der Waals surface area contributed by atoms with E-state index in [0.717, 1.165) is 24.7 Å². The lowest BCUT2D eigenvalue weighted by molar-refractivity contribution is -0.134. The molecule has 3 rings (SSSR count). The van der Waals surface area contributed by atoms with Gasteiger partial charge in [-0.15, -0.1) is 0 Å². The Kier molecular flexibility index (Phi) is 5.19. The smallest absolute Gasteiger partial charge is 0.328 e. The lowest BCUT2D eigenvalue weighted by Gasteiger charge is -2.17. The Morgan fingerprint density at radius 1 is 1.18 bits per heavy atom. The molecule has 0 saturated carbocycles. The molecule has 1 aromatic carbocycles. The van der Waals surface area contributed by atoms with E-state index in [1.165, 1.54) is 16.6 Å². The summed E-state index contributed by atoms with van der Waals surface area (Å²) in [6, 6.07) is 8.32. The number of hydrogen-bond acceptors (Lipinski definition) is 3. The molecule has 0 spiro atoms. The van der Waals surface area contributed by atoms with Crippen LogP contribution >= 0.6 is 11.6 Å². The molecule has 0 fully saturated rings. The number of nitrogens with one attached hydrogen (secondary N) is 1. The van der Waals surface area contributed by atoms with Crippen molar-refractivity contribution < 1.29 is 19.8 Å². The highest BCUT2D eigenvalue weighted by Crippen LogP contribution is 2.24. The first-order valence-corrected chi connectivity index (χ1v) is 6.97. The maximum atomic E-state index is 9.55. The highest BCUT2D eigenvalue weighted by Gasteiger charge is 2.11. The minimum absolute atomic E-state index is 0.558. The average Bonchev–Trinajstić information content (AvgIpc) is 2.84. The molecule has 0 saturated heterocycles. The third kappa shape index (κ3) is 4.09. The van der Waals surface area contributed by atoms with Crippen LogP contribution in [0.25, 0.3) is 10.9 Å². The largest absolute Gasteiger partial charge is 0.478 e. The molecule has 2 aromatic rings. The van der Waals surface area contributed by atoms with Gasteiger partial charge in [0.1, 0.15) is 0 Å². The second kappa shape index (κ2) is 7.11. The van der Waals surface area contributed by atoms with Crippen molar-refractivity contribution in [3.63, 3.8) is 0 Å². The van der Waals surface area contributed by atoms with Crippen molar-refractivity contribution in [3.05, 3.63) is 47.1 Å². The summed E-state index contributed by atoms with van der Waals surface area (Å²) >= 11 is 5.99. The number of benzene rings is 1. The fraction of sp³-hybridized carbons (Fsp3) is 0.200. The summed E-state index contributed by atoms with van der Waals surface area (Å²) < 4.78 is 2.34. The molecule has 0 radical (unpaired) electrons. The average molecular weight is 323 g/mol. The van der Waals surface area contributed by atoms with Gasteiger partial charge in [0, 0.05) is 53.4 Å². The molecule has 1 aliphatic heterocycles. The Bertz CT molecular complexity index is 720. The summed E-state index contributed by atoms with van der Waals surface area (Å²) in [7, 11) is 0. The summed E-state index contributed by atoms with van der Waals surface area (Å²) in [6.45, 7) is 3.05. The zero-order valence-corrected chi connectivity index (χ0v) is 12.4. The summed E-state index contributed by atoms with van der Waals surface area (Å²) in [5.41, 5.74) is 2.61. The van der Waals surface area contributed by atoms with Crippen molar-refractivity contribution in [3.8, 4) is 0 Å². The van der Waals surface area contributed by atoms with Gasteiger partial charge < -0.3 is 20.1 Å². The zero-order valence-electron chi connectivity index (χ0n) is 11.6. The van der Waals surface area contributed by atoms with Gasteiger partial charge in [0.05, 0.1) is 0 Å². The Morgan fingerprint density at radius 2 is 1.86 bits per heavy atom. The minimum Gasteiger partial charge on any atom is -0.478 e. The van der Waals surface area contributed by atoms with Crippen molar-refractivity contribution >= 4 is 34.4 Å². The maximum Gasteiger partial charge on any atom is 0.328 e. The van der Waals surface area contributed by atoms with Crippen molar-refractivity contribution in [1.82, 2.24) is 9.88 Å². The minimum atomic E-state index is -1.26. The van der Waals surface area contributed by atoms with Crippen LogP contribution in [0.15, 0.2) is 36.4 Å². The first-order chi connectivity index (χ1) is 10.5. The predicted molar refractivity (Wildman–Crippen MR) is 83.1 cm³/mol. The number of halogens is 1. The number of rotatable bonds is 2. The van der Waals surface area contributed by atoms with Crippen LogP contribution in [0.4, 0.5) is 0 Å². The summed E-state index contributed by atoms with van der Waals surface area (Å²) in [4.78, 5) is 19.1. The lowest BCUT2D eigenvalue weighted by atomic mass is 10.2. The van der Waals surface area contributed by atoms with Crippen LogP contribution < -0.4 is 5.32 Å². The molecule has 2 heterocycles. The standard InChI is InChI=1S/C11H11ClN2.C4H4O4/c12-9-2-1-8-5-10-7-13-3-4-14(10)11(8)6-9;5-3(6)1-2-4(7)8/h1-2,5-6,13H,3-4,7H2;1-2H,(H,5,6)(H,7,8)/b;2-1+. The van der Waals surface area contributed by atoms with E-state index < -0.39 is 11.9 Å². The summed E-state index contributed by atoms with van der Waals surface area (Å²) in [5, 5.41) is 21.1. The van der Waals surface area contributed by atoms with E-state index in [1.807, 2.05) is 12.1 Å². The molecular formula is C15H15ClN2O4. The normalized spacial score (nSPS) is 13.5. The lowest BCUT2D eigenvalue weighted by Crippen LogP contribution is -2.27.